The molecule has 0 aliphatic carbocycles. The fourth-order valence-corrected chi connectivity index (χ4v) is 2.25. The summed E-state index contributed by atoms with van der Waals surface area (Å²) < 4.78 is 11.0. The summed E-state index contributed by atoms with van der Waals surface area (Å²) in [4.78, 5) is 0. The Hall–Kier alpha value is -1.32. The molecule has 3 nitrogen and oxygen atoms in total. The first-order valence-electron chi connectivity index (χ1n) is 6.87. The van der Waals surface area contributed by atoms with E-state index in [0.29, 0.717) is 6.61 Å². The standard InChI is InChI=1S/C16H23NO2/c1-3-10-19-15-7-5-14(6-8-15)12-17-16(2)9-4-11-18-13-16/h3,5-8,17H,1,4,9-13H2,2H3. The molecule has 0 radical (unpaired) electrons. The molecule has 1 N–H and O–H groups in total. The van der Waals surface area contributed by atoms with Gasteiger partial charge in [0.15, 0.2) is 0 Å². The summed E-state index contributed by atoms with van der Waals surface area (Å²) in [5.41, 5.74) is 1.37. The Bertz CT molecular complexity index is 394. The third kappa shape index (κ3) is 4.37. The van der Waals surface area contributed by atoms with Crippen LogP contribution in [-0.2, 0) is 11.3 Å². The van der Waals surface area contributed by atoms with E-state index >= 15 is 0 Å². The molecule has 0 spiro atoms. The van der Waals surface area contributed by atoms with Crippen molar-refractivity contribution in [2.24, 2.45) is 0 Å². The van der Waals surface area contributed by atoms with Crippen molar-refractivity contribution in [3.63, 3.8) is 0 Å². The lowest BCUT2D eigenvalue weighted by molar-refractivity contribution is 0.0278. The van der Waals surface area contributed by atoms with E-state index in [1.807, 2.05) is 12.1 Å². The van der Waals surface area contributed by atoms with Crippen LogP contribution in [0.4, 0.5) is 0 Å². The van der Waals surface area contributed by atoms with Crippen molar-refractivity contribution in [2.75, 3.05) is 19.8 Å². The Kier molecular flexibility index (Phi) is 5.00. The van der Waals surface area contributed by atoms with Crippen LogP contribution < -0.4 is 10.1 Å². The van der Waals surface area contributed by atoms with Gasteiger partial charge in [-0.3, -0.25) is 0 Å². The summed E-state index contributed by atoms with van der Waals surface area (Å²) >= 11 is 0. The van der Waals surface area contributed by atoms with E-state index in [1.54, 1.807) is 6.08 Å². The lowest BCUT2D eigenvalue weighted by atomic mass is 9.94. The molecule has 1 unspecified atom stereocenters. The second-order valence-corrected chi connectivity index (χ2v) is 5.31. The first-order chi connectivity index (χ1) is 9.22. The Labute approximate surface area is 115 Å². The van der Waals surface area contributed by atoms with Crippen molar-refractivity contribution in [1.29, 1.82) is 0 Å². The summed E-state index contributed by atoms with van der Waals surface area (Å²) in [6.07, 6.45) is 4.06. The van der Waals surface area contributed by atoms with Gasteiger partial charge < -0.3 is 14.8 Å². The van der Waals surface area contributed by atoms with E-state index in [1.165, 1.54) is 12.0 Å². The number of ether oxygens (including phenoxy) is 2. The lowest BCUT2D eigenvalue weighted by Crippen LogP contribution is -2.48. The summed E-state index contributed by atoms with van der Waals surface area (Å²) in [5.74, 6) is 0.885. The Morgan fingerprint density at radius 2 is 2.21 bits per heavy atom. The van der Waals surface area contributed by atoms with Crippen LogP contribution in [0.2, 0.25) is 0 Å². The summed E-state index contributed by atoms with van der Waals surface area (Å²) in [6.45, 7) is 8.97. The van der Waals surface area contributed by atoms with Crippen LogP contribution in [0.15, 0.2) is 36.9 Å². The largest absolute Gasteiger partial charge is 0.490 e. The molecule has 1 aliphatic heterocycles. The highest BCUT2D eigenvalue weighted by molar-refractivity contribution is 5.27. The van der Waals surface area contributed by atoms with Crippen LogP contribution in [0.1, 0.15) is 25.3 Å². The molecule has 0 aromatic heterocycles. The average molecular weight is 261 g/mol. The van der Waals surface area contributed by atoms with Gasteiger partial charge in [0.1, 0.15) is 12.4 Å². The van der Waals surface area contributed by atoms with Crippen molar-refractivity contribution >= 4 is 0 Å². The highest BCUT2D eigenvalue weighted by Crippen LogP contribution is 2.19. The monoisotopic (exact) mass is 261 g/mol. The van der Waals surface area contributed by atoms with Crippen LogP contribution in [0.5, 0.6) is 5.75 Å². The minimum atomic E-state index is 0.107. The summed E-state index contributed by atoms with van der Waals surface area (Å²) in [7, 11) is 0. The molecular formula is C16H23NO2. The van der Waals surface area contributed by atoms with E-state index in [9.17, 15) is 0 Å². The Morgan fingerprint density at radius 3 is 2.84 bits per heavy atom. The topological polar surface area (TPSA) is 30.5 Å². The van der Waals surface area contributed by atoms with Crippen molar-refractivity contribution in [3.8, 4) is 5.75 Å². The van der Waals surface area contributed by atoms with Gasteiger partial charge in [-0.05, 0) is 37.5 Å². The van der Waals surface area contributed by atoms with Crippen LogP contribution in [0.3, 0.4) is 0 Å². The molecule has 1 aromatic rings. The van der Waals surface area contributed by atoms with Gasteiger partial charge >= 0.3 is 0 Å². The minimum absolute atomic E-state index is 0.107. The predicted molar refractivity (Wildman–Crippen MR) is 77.4 cm³/mol. The van der Waals surface area contributed by atoms with Crippen LogP contribution in [0, 0.1) is 0 Å². The molecule has 1 heterocycles. The zero-order valence-corrected chi connectivity index (χ0v) is 11.7. The van der Waals surface area contributed by atoms with Gasteiger partial charge in [0, 0.05) is 18.7 Å². The number of benzene rings is 1. The maximum Gasteiger partial charge on any atom is 0.119 e. The van der Waals surface area contributed by atoms with Gasteiger partial charge in [-0.2, -0.15) is 0 Å². The summed E-state index contributed by atoms with van der Waals surface area (Å²) in [5, 5.41) is 3.59. The molecule has 0 saturated carbocycles. The van der Waals surface area contributed by atoms with Gasteiger partial charge in [-0.15, -0.1) is 0 Å². The third-order valence-electron chi connectivity index (χ3n) is 3.45. The molecule has 1 atom stereocenters. The first kappa shape index (κ1) is 14.1. The van der Waals surface area contributed by atoms with Crippen molar-refractivity contribution < 1.29 is 9.47 Å². The Balaban J connectivity index is 1.83. The number of hydrogen-bond acceptors (Lipinski definition) is 3. The van der Waals surface area contributed by atoms with E-state index in [2.05, 4.69) is 31.0 Å². The van der Waals surface area contributed by atoms with Gasteiger partial charge in [-0.1, -0.05) is 24.8 Å². The highest BCUT2D eigenvalue weighted by Gasteiger charge is 2.26. The van der Waals surface area contributed by atoms with Gasteiger partial charge in [0.25, 0.3) is 0 Å². The quantitative estimate of drug-likeness (QED) is 0.799. The number of hydrogen-bond donors (Lipinski definition) is 1. The van der Waals surface area contributed by atoms with E-state index in [0.717, 1.165) is 31.9 Å². The molecule has 1 aromatic carbocycles. The summed E-state index contributed by atoms with van der Waals surface area (Å²) in [6, 6.07) is 8.19. The molecule has 3 heteroatoms. The maximum atomic E-state index is 5.55. The van der Waals surface area contributed by atoms with E-state index < -0.39 is 0 Å². The molecule has 104 valence electrons. The zero-order chi connectivity index (χ0) is 13.6. The fraction of sp³-hybridized carbons (Fsp3) is 0.500. The Morgan fingerprint density at radius 1 is 1.42 bits per heavy atom. The minimum Gasteiger partial charge on any atom is -0.490 e. The second-order valence-electron chi connectivity index (χ2n) is 5.31. The molecule has 19 heavy (non-hydrogen) atoms. The van der Waals surface area contributed by atoms with Crippen LogP contribution >= 0.6 is 0 Å². The highest BCUT2D eigenvalue weighted by atomic mass is 16.5. The van der Waals surface area contributed by atoms with E-state index in [-0.39, 0.29) is 5.54 Å². The van der Waals surface area contributed by atoms with Crippen molar-refractivity contribution in [3.05, 3.63) is 42.5 Å². The fourth-order valence-electron chi connectivity index (χ4n) is 2.25. The van der Waals surface area contributed by atoms with Gasteiger partial charge in [-0.25, -0.2) is 0 Å². The molecule has 1 aliphatic rings. The zero-order valence-electron chi connectivity index (χ0n) is 11.7. The maximum absolute atomic E-state index is 5.55. The molecule has 0 amide bonds. The van der Waals surface area contributed by atoms with Gasteiger partial charge in [0.2, 0.25) is 0 Å². The smallest absolute Gasteiger partial charge is 0.119 e. The normalized spacial score (nSPS) is 23.0. The SMILES string of the molecule is C=CCOc1ccc(CNC2(C)CCCOC2)cc1. The third-order valence-corrected chi connectivity index (χ3v) is 3.45. The molecule has 2 rings (SSSR count). The van der Waals surface area contributed by atoms with Crippen molar-refractivity contribution in [2.45, 2.75) is 31.8 Å². The second kappa shape index (κ2) is 6.73. The first-order valence-corrected chi connectivity index (χ1v) is 6.87. The molecule has 1 saturated heterocycles. The molecular weight excluding hydrogens is 238 g/mol. The average Bonchev–Trinajstić information content (AvgIpc) is 2.45. The number of nitrogens with one attached hydrogen (secondary N) is 1. The molecule has 0 bridgehead atoms. The predicted octanol–water partition coefficient (Wildman–Crippen LogP) is 2.91. The van der Waals surface area contributed by atoms with Gasteiger partial charge in [0.05, 0.1) is 6.61 Å². The number of rotatable bonds is 6. The lowest BCUT2D eigenvalue weighted by Gasteiger charge is -2.34. The van der Waals surface area contributed by atoms with Crippen molar-refractivity contribution in [1.82, 2.24) is 5.32 Å². The molecule has 1 fully saturated rings. The van der Waals surface area contributed by atoms with E-state index in [4.69, 9.17) is 9.47 Å². The van der Waals surface area contributed by atoms with Crippen LogP contribution in [-0.4, -0.2) is 25.4 Å². The van der Waals surface area contributed by atoms with Crippen LogP contribution in [0.25, 0.3) is 0 Å².